The van der Waals surface area contributed by atoms with E-state index in [2.05, 4.69) is 4.98 Å². The summed E-state index contributed by atoms with van der Waals surface area (Å²) in [5.41, 5.74) is 1.18. The van der Waals surface area contributed by atoms with Crippen LogP contribution < -0.4 is 10.5 Å². The third-order valence-corrected chi connectivity index (χ3v) is 6.90. The van der Waals surface area contributed by atoms with Gasteiger partial charge in [0, 0.05) is 19.9 Å². The lowest BCUT2D eigenvalue weighted by Crippen LogP contribution is -2.38. The average Bonchev–Trinajstić information content (AvgIpc) is 3.35. The zero-order valence-electron chi connectivity index (χ0n) is 18.3. The number of aliphatic carboxylic acids is 1. The van der Waals surface area contributed by atoms with Crippen molar-refractivity contribution in [3.8, 4) is 0 Å². The van der Waals surface area contributed by atoms with Gasteiger partial charge in [-0.25, -0.2) is 9.97 Å². The molecule has 8 heteroatoms. The van der Waals surface area contributed by atoms with Crippen molar-refractivity contribution in [1.29, 1.82) is 0 Å². The lowest BCUT2D eigenvalue weighted by atomic mass is 9.95. The summed E-state index contributed by atoms with van der Waals surface area (Å²) in [7, 11) is 1.69. The van der Waals surface area contributed by atoms with Crippen LogP contribution >= 0.6 is 0 Å². The Labute approximate surface area is 181 Å². The first-order chi connectivity index (χ1) is 14.9. The van der Waals surface area contributed by atoms with Crippen molar-refractivity contribution in [1.82, 2.24) is 14.5 Å². The summed E-state index contributed by atoms with van der Waals surface area (Å²) < 4.78 is 1.86. The van der Waals surface area contributed by atoms with Gasteiger partial charge in [-0.1, -0.05) is 19.8 Å². The van der Waals surface area contributed by atoms with E-state index in [4.69, 9.17) is 10.1 Å². The Morgan fingerprint density at radius 3 is 2.55 bits per heavy atom. The molecule has 0 saturated heterocycles. The Hall–Kier alpha value is -2.77. The van der Waals surface area contributed by atoms with Crippen molar-refractivity contribution in [2.24, 2.45) is 5.92 Å². The highest BCUT2D eigenvalue weighted by atomic mass is 16.4. The van der Waals surface area contributed by atoms with E-state index >= 15 is 0 Å². The van der Waals surface area contributed by atoms with Crippen LogP contribution in [-0.2, 0) is 21.5 Å². The second-order valence-electron chi connectivity index (χ2n) is 8.85. The Morgan fingerprint density at radius 2 is 1.94 bits per heavy atom. The maximum Gasteiger partial charge on any atom is 0.303 e. The molecule has 2 saturated carbocycles. The van der Waals surface area contributed by atoms with Gasteiger partial charge < -0.3 is 5.11 Å². The van der Waals surface area contributed by atoms with Gasteiger partial charge in [0.15, 0.2) is 5.65 Å². The van der Waals surface area contributed by atoms with Crippen LogP contribution in [0.15, 0.2) is 16.9 Å². The van der Waals surface area contributed by atoms with E-state index in [1.807, 2.05) is 10.6 Å². The van der Waals surface area contributed by atoms with Crippen molar-refractivity contribution < 1.29 is 14.7 Å². The number of amides is 1. The lowest BCUT2D eigenvalue weighted by molar-refractivity contribution is -0.137. The quantitative estimate of drug-likeness (QED) is 0.695. The van der Waals surface area contributed by atoms with Crippen LogP contribution in [0.2, 0.25) is 0 Å². The molecule has 0 spiro atoms. The first-order valence-corrected chi connectivity index (χ1v) is 11.3. The molecule has 31 heavy (non-hydrogen) atoms. The molecule has 166 valence electrons. The van der Waals surface area contributed by atoms with Gasteiger partial charge >= 0.3 is 5.97 Å². The second-order valence-corrected chi connectivity index (χ2v) is 8.85. The highest BCUT2D eigenvalue weighted by molar-refractivity contribution is 5.92. The molecule has 2 aromatic heterocycles. The molecule has 2 aromatic rings. The Morgan fingerprint density at radius 1 is 1.23 bits per heavy atom. The van der Waals surface area contributed by atoms with Crippen LogP contribution in [-0.4, -0.2) is 38.6 Å². The molecule has 2 aliphatic carbocycles. The second kappa shape index (κ2) is 8.40. The molecule has 2 fully saturated rings. The minimum Gasteiger partial charge on any atom is -0.481 e. The minimum atomic E-state index is -0.874. The normalized spacial score (nSPS) is 17.7. The van der Waals surface area contributed by atoms with E-state index in [-0.39, 0.29) is 23.4 Å². The SMILES string of the molecule is CCC(=O)N(C)c1ccc2nc(CCCC(=O)O)c(=O)n(C3(C4CCCC4)CC3)c2n1. The summed E-state index contributed by atoms with van der Waals surface area (Å²) in [6.45, 7) is 1.81. The predicted octanol–water partition coefficient (Wildman–Crippen LogP) is 3.25. The smallest absolute Gasteiger partial charge is 0.303 e. The van der Waals surface area contributed by atoms with E-state index in [1.165, 1.54) is 17.7 Å². The summed E-state index contributed by atoms with van der Waals surface area (Å²) in [4.78, 5) is 47.6. The predicted molar refractivity (Wildman–Crippen MR) is 117 cm³/mol. The fraction of sp³-hybridized carbons (Fsp3) is 0.609. The van der Waals surface area contributed by atoms with Gasteiger partial charge in [0.25, 0.3) is 5.56 Å². The van der Waals surface area contributed by atoms with Crippen LogP contribution in [0, 0.1) is 5.92 Å². The Kier molecular flexibility index (Phi) is 5.81. The van der Waals surface area contributed by atoms with E-state index < -0.39 is 5.97 Å². The van der Waals surface area contributed by atoms with E-state index in [0.717, 1.165) is 25.7 Å². The third kappa shape index (κ3) is 3.95. The maximum absolute atomic E-state index is 13.6. The highest BCUT2D eigenvalue weighted by Gasteiger charge is 2.53. The fourth-order valence-electron chi connectivity index (χ4n) is 5.04. The number of hydrogen-bond acceptors (Lipinski definition) is 5. The van der Waals surface area contributed by atoms with Crippen LogP contribution in [0.5, 0.6) is 0 Å². The number of aryl methyl sites for hydroxylation is 1. The van der Waals surface area contributed by atoms with Crippen molar-refractivity contribution in [2.45, 2.75) is 76.7 Å². The number of hydrogen-bond donors (Lipinski definition) is 1. The molecular formula is C23H30N4O4. The van der Waals surface area contributed by atoms with Crippen molar-refractivity contribution in [3.05, 3.63) is 28.2 Å². The van der Waals surface area contributed by atoms with Crippen LogP contribution in [0.3, 0.4) is 0 Å². The molecule has 0 bridgehead atoms. The van der Waals surface area contributed by atoms with Gasteiger partial charge in [0.2, 0.25) is 5.91 Å². The van der Waals surface area contributed by atoms with Crippen LogP contribution in [0.4, 0.5) is 5.82 Å². The summed E-state index contributed by atoms with van der Waals surface area (Å²) in [5, 5.41) is 8.97. The van der Waals surface area contributed by atoms with Crippen molar-refractivity contribution in [2.75, 3.05) is 11.9 Å². The van der Waals surface area contributed by atoms with Gasteiger partial charge in [-0.05, 0) is 56.6 Å². The van der Waals surface area contributed by atoms with Gasteiger partial charge in [-0.3, -0.25) is 23.9 Å². The summed E-state index contributed by atoms with van der Waals surface area (Å²) >= 11 is 0. The number of nitrogens with zero attached hydrogens (tertiary/aromatic N) is 4. The molecular weight excluding hydrogens is 396 g/mol. The topological polar surface area (TPSA) is 105 Å². The molecule has 4 rings (SSSR count). The molecule has 1 amide bonds. The number of carbonyl (C=O) groups is 2. The van der Waals surface area contributed by atoms with Crippen molar-refractivity contribution in [3.63, 3.8) is 0 Å². The zero-order valence-corrected chi connectivity index (χ0v) is 18.3. The summed E-state index contributed by atoms with van der Waals surface area (Å²) in [6, 6.07) is 3.58. The van der Waals surface area contributed by atoms with E-state index in [1.54, 1.807) is 20.0 Å². The van der Waals surface area contributed by atoms with Gasteiger partial charge in [0.1, 0.15) is 17.0 Å². The number of aromatic nitrogens is 3. The van der Waals surface area contributed by atoms with Crippen LogP contribution in [0.1, 0.15) is 70.4 Å². The molecule has 0 radical (unpaired) electrons. The number of carboxylic acid groups (broad SMARTS) is 1. The van der Waals surface area contributed by atoms with E-state index in [9.17, 15) is 14.4 Å². The Bertz CT molecular complexity index is 1070. The standard InChI is InChI=1S/C23H30N4O4/c1-3-19(28)26(2)18-12-11-16-21(25-18)27(23(13-14-23)15-7-4-5-8-15)22(31)17(24-16)9-6-10-20(29)30/h11-12,15H,3-10,13-14H2,1-2H3,(H,29,30). The lowest BCUT2D eigenvalue weighted by Gasteiger charge is -2.27. The highest BCUT2D eigenvalue weighted by Crippen LogP contribution is 2.55. The third-order valence-electron chi connectivity index (χ3n) is 6.90. The number of pyridine rings is 1. The van der Waals surface area contributed by atoms with Crippen LogP contribution in [0.25, 0.3) is 11.2 Å². The molecule has 8 nitrogen and oxygen atoms in total. The maximum atomic E-state index is 13.6. The summed E-state index contributed by atoms with van der Waals surface area (Å²) in [5.74, 6) is 0.0369. The first-order valence-electron chi connectivity index (χ1n) is 11.3. The number of fused-ring (bicyclic) bond motifs is 1. The largest absolute Gasteiger partial charge is 0.481 e. The number of carboxylic acids is 1. The first kappa shape index (κ1) is 21.5. The fourth-order valence-corrected chi connectivity index (χ4v) is 5.04. The zero-order chi connectivity index (χ0) is 22.2. The van der Waals surface area contributed by atoms with Crippen molar-refractivity contribution >= 4 is 28.9 Å². The minimum absolute atomic E-state index is 0.00797. The molecule has 2 aliphatic rings. The van der Waals surface area contributed by atoms with Gasteiger partial charge in [0.05, 0.1) is 5.54 Å². The molecule has 0 aromatic carbocycles. The molecule has 1 N–H and O–H groups in total. The molecule has 0 unspecified atom stereocenters. The summed E-state index contributed by atoms with van der Waals surface area (Å²) in [6.07, 6.45) is 7.56. The molecule has 2 heterocycles. The number of rotatable bonds is 8. The van der Waals surface area contributed by atoms with E-state index in [0.29, 0.717) is 47.9 Å². The molecule has 0 aliphatic heterocycles. The van der Waals surface area contributed by atoms with Gasteiger partial charge in [-0.15, -0.1) is 0 Å². The average molecular weight is 427 g/mol. The molecule has 0 atom stereocenters. The van der Waals surface area contributed by atoms with Gasteiger partial charge in [-0.2, -0.15) is 0 Å². The monoisotopic (exact) mass is 426 g/mol. The Balaban J connectivity index is 1.85. The number of anilines is 1. The number of carbonyl (C=O) groups excluding carboxylic acids is 1.